The van der Waals surface area contributed by atoms with Gasteiger partial charge in [-0.1, -0.05) is 31.5 Å². The van der Waals surface area contributed by atoms with Crippen LogP contribution < -0.4 is 0 Å². The van der Waals surface area contributed by atoms with Crippen LogP contribution in [-0.2, 0) is 0 Å². The molecule has 1 aromatic rings. The van der Waals surface area contributed by atoms with Gasteiger partial charge in [-0.25, -0.2) is 0 Å². The lowest BCUT2D eigenvalue weighted by Gasteiger charge is -2.25. The summed E-state index contributed by atoms with van der Waals surface area (Å²) in [7, 11) is 0. The van der Waals surface area contributed by atoms with Crippen LogP contribution in [0.1, 0.15) is 48.4 Å². The Morgan fingerprint density at radius 1 is 1.06 bits per heavy atom. The van der Waals surface area contributed by atoms with Crippen LogP contribution in [0.25, 0.3) is 0 Å². The van der Waals surface area contributed by atoms with E-state index in [0.717, 1.165) is 12.3 Å². The number of aryl methyl sites for hydroxylation is 3. The van der Waals surface area contributed by atoms with E-state index in [-0.39, 0.29) is 0 Å². The van der Waals surface area contributed by atoms with Crippen LogP contribution in [0.5, 0.6) is 0 Å². The van der Waals surface area contributed by atoms with E-state index in [0.29, 0.717) is 11.8 Å². The molecule has 1 aromatic carbocycles. The van der Waals surface area contributed by atoms with Gasteiger partial charge in [0.25, 0.3) is 0 Å². The largest absolute Gasteiger partial charge is 0.127 e. The highest BCUT2D eigenvalue weighted by molar-refractivity contribution is 6.17. The van der Waals surface area contributed by atoms with Gasteiger partial charge in [-0.3, -0.25) is 0 Å². The highest BCUT2D eigenvalue weighted by atomic mass is 35.5. The molecule has 1 unspecified atom stereocenters. The fourth-order valence-electron chi connectivity index (χ4n) is 2.70. The highest BCUT2D eigenvalue weighted by Gasteiger charge is 2.19. The zero-order chi connectivity index (χ0) is 12.3. The Hall–Kier alpha value is -0.490. The molecule has 0 fully saturated rings. The van der Waals surface area contributed by atoms with E-state index in [1.807, 2.05) is 0 Å². The SMILES string of the molecule is Cc1cc(C)c(C(CCCl)C(C)C)c(C)c1. The molecule has 0 N–H and O–H groups in total. The van der Waals surface area contributed by atoms with E-state index < -0.39 is 0 Å². The van der Waals surface area contributed by atoms with Gasteiger partial charge in [0.1, 0.15) is 0 Å². The van der Waals surface area contributed by atoms with E-state index in [2.05, 4.69) is 46.8 Å². The molecule has 90 valence electrons. The molecule has 1 atom stereocenters. The lowest BCUT2D eigenvalue weighted by atomic mass is 9.81. The summed E-state index contributed by atoms with van der Waals surface area (Å²) in [6.45, 7) is 11.2. The minimum absolute atomic E-state index is 0.595. The van der Waals surface area contributed by atoms with Crippen LogP contribution in [0.3, 0.4) is 0 Å². The maximum atomic E-state index is 5.93. The molecule has 0 nitrogen and oxygen atoms in total. The summed E-state index contributed by atoms with van der Waals surface area (Å²) < 4.78 is 0. The van der Waals surface area contributed by atoms with Crippen LogP contribution in [0.4, 0.5) is 0 Å². The first kappa shape index (κ1) is 13.6. The number of halogens is 1. The van der Waals surface area contributed by atoms with Gasteiger partial charge in [0.2, 0.25) is 0 Å². The van der Waals surface area contributed by atoms with Gasteiger partial charge >= 0.3 is 0 Å². The Balaban J connectivity index is 3.18. The lowest BCUT2D eigenvalue weighted by molar-refractivity contribution is 0.483. The van der Waals surface area contributed by atoms with Crippen LogP contribution in [0.2, 0.25) is 0 Å². The zero-order valence-corrected chi connectivity index (χ0v) is 11.9. The Morgan fingerprint density at radius 2 is 1.56 bits per heavy atom. The normalized spacial score (nSPS) is 13.2. The fourth-order valence-corrected chi connectivity index (χ4v) is 2.94. The summed E-state index contributed by atoms with van der Waals surface area (Å²) >= 11 is 5.93. The molecule has 0 heterocycles. The number of hydrogen-bond donors (Lipinski definition) is 0. The smallest absolute Gasteiger partial charge is 0.0229 e. The average Bonchev–Trinajstić information content (AvgIpc) is 2.14. The first-order valence-electron chi connectivity index (χ1n) is 6.11. The quantitative estimate of drug-likeness (QED) is 0.649. The molecule has 1 heteroatoms. The summed E-state index contributed by atoms with van der Waals surface area (Å²) in [5.74, 6) is 1.99. The van der Waals surface area contributed by atoms with Crippen LogP contribution in [0, 0.1) is 26.7 Å². The van der Waals surface area contributed by atoms with Crippen molar-refractivity contribution in [2.45, 2.75) is 47.0 Å². The molecule has 0 saturated heterocycles. The lowest BCUT2D eigenvalue weighted by Crippen LogP contribution is -2.11. The second-order valence-electron chi connectivity index (χ2n) is 5.14. The Labute approximate surface area is 105 Å². The number of rotatable bonds is 4. The summed E-state index contributed by atoms with van der Waals surface area (Å²) in [5, 5.41) is 0. The standard InChI is InChI=1S/C15H23Cl/c1-10(2)14(6-7-16)15-12(4)8-11(3)9-13(15)5/h8-10,14H,6-7H2,1-5H3. The first-order chi connectivity index (χ1) is 7.47. The zero-order valence-electron chi connectivity index (χ0n) is 11.1. The van der Waals surface area contributed by atoms with Gasteiger partial charge in [0.05, 0.1) is 0 Å². The fraction of sp³-hybridized carbons (Fsp3) is 0.600. The van der Waals surface area contributed by atoms with Crippen molar-refractivity contribution in [3.05, 3.63) is 34.4 Å². The Bertz CT molecular complexity index is 329. The second-order valence-corrected chi connectivity index (χ2v) is 5.52. The molecule has 0 radical (unpaired) electrons. The Morgan fingerprint density at radius 3 is 1.94 bits per heavy atom. The summed E-state index contributed by atoms with van der Waals surface area (Å²) in [5.41, 5.74) is 5.70. The molecule has 1 rings (SSSR count). The number of hydrogen-bond acceptors (Lipinski definition) is 0. The van der Waals surface area contributed by atoms with Crippen LogP contribution >= 0.6 is 11.6 Å². The molecule has 0 spiro atoms. The maximum Gasteiger partial charge on any atom is 0.0229 e. The minimum atomic E-state index is 0.595. The van der Waals surface area contributed by atoms with Crippen molar-refractivity contribution in [3.8, 4) is 0 Å². The van der Waals surface area contributed by atoms with E-state index in [1.54, 1.807) is 0 Å². The molecule has 0 bridgehead atoms. The van der Waals surface area contributed by atoms with Crippen molar-refractivity contribution in [2.24, 2.45) is 5.92 Å². The van der Waals surface area contributed by atoms with Gasteiger partial charge in [0.15, 0.2) is 0 Å². The molecule has 0 aliphatic heterocycles. The molecule has 0 amide bonds. The van der Waals surface area contributed by atoms with Gasteiger partial charge in [-0.2, -0.15) is 0 Å². The van der Waals surface area contributed by atoms with Crippen molar-refractivity contribution >= 4 is 11.6 Å². The predicted molar refractivity (Wildman–Crippen MR) is 73.6 cm³/mol. The van der Waals surface area contributed by atoms with Crippen LogP contribution in [-0.4, -0.2) is 5.88 Å². The van der Waals surface area contributed by atoms with E-state index >= 15 is 0 Å². The second kappa shape index (κ2) is 5.72. The molecule has 0 saturated carbocycles. The van der Waals surface area contributed by atoms with Crippen molar-refractivity contribution in [1.29, 1.82) is 0 Å². The third-order valence-electron chi connectivity index (χ3n) is 3.33. The molecular formula is C15H23Cl. The summed E-state index contributed by atoms with van der Waals surface area (Å²) in [6.07, 6.45) is 1.07. The van der Waals surface area contributed by atoms with E-state index in [1.165, 1.54) is 22.3 Å². The number of alkyl halides is 1. The van der Waals surface area contributed by atoms with Gasteiger partial charge in [-0.05, 0) is 55.7 Å². The monoisotopic (exact) mass is 238 g/mol. The molecule has 0 aliphatic carbocycles. The van der Waals surface area contributed by atoms with E-state index in [4.69, 9.17) is 11.6 Å². The van der Waals surface area contributed by atoms with E-state index in [9.17, 15) is 0 Å². The average molecular weight is 239 g/mol. The third kappa shape index (κ3) is 3.01. The van der Waals surface area contributed by atoms with Gasteiger partial charge < -0.3 is 0 Å². The van der Waals surface area contributed by atoms with Crippen LogP contribution in [0.15, 0.2) is 12.1 Å². The minimum Gasteiger partial charge on any atom is -0.127 e. The first-order valence-corrected chi connectivity index (χ1v) is 6.64. The van der Waals surface area contributed by atoms with Gasteiger partial charge in [-0.15, -0.1) is 11.6 Å². The summed E-state index contributed by atoms with van der Waals surface area (Å²) in [4.78, 5) is 0. The topological polar surface area (TPSA) is 0 Å². The summed E-state index contributed by atoms with van der Waals surface area (Å²) in [6, 6.07) is 4.57. The van der Waals surface area contributed by atoms with Crippen molar-refractivity contribution in [1.82, 2.24) is 0 Å². The molecule has 16 heavy (non-hydrogen) atoms. The molecule has 0 aromatic heterocycles. The van der Waals surface area contributed by atoms with Gasteiger partial charge in [0, 0.05) is 5.88 Å². The van der Waals surface area contributed by atoms with Crippen molar-refractivity contribution in [3.63, 3.8) is 0 Å². The van der Waals surface area contributed by atoms with Crippen molar-refractivity contribution < 1.29 is 0 Å². The number of benzene rings is 1. The maximum absolute atomic E-state index is 5.93. The molecular weight excluding hydrogens is 216 g/mol. The highest BCUT2D eigenvalue weighted by Crippen LogP contribution is 2.33. The Kier molecular flexibility index (Phi) is 4.86. The third-order valence-corrected chi connectivity index (χ3v) is 3.55. The molecule has 0 aliphatic rings. The predicted octanol–water partition coefficient (Wildman–Crippen LogP) is 4.98. The van der Waals surface area contributed by atoms with Crippen molar-refractivity contribution in [2.75, 3.05) is 5.88 Å².